The van der Waals surface area contributed by atoms with Crippen LogP contribution < -0.4 is 0 Å². The van der Waals surface area contributed by atoms with Gasteiger partial charge in [-0.1, -0.05) is 30.0 Å². The Morgan fingerprint density at radius 3 is 2.48 bits per heavy atom. The maximum atomic E-state index is 13.2. The summed E-state index contributed by atoms with van der Waals surface area (Å²) in [6.07, 6.45) is 0. The first-order chi connectivity index (χ1) is 14.0. The summed E-state index contributed by atoms with van der Waals surface area (Å²) in [5, 5.41) is 12.3. The van der Waals surface area contributed by atoms with Gasteiger partial charge in [-0.15, -0.1) is 5.10 Å². The van der Waals surface area contributed by atoms with Gasteiger partial charge in [-0.05, 0) is 66.7 Å². The molecule has 2 aromatic carbocycles. The molecule has 0 spiro atoms. The molecule has 8 heteroatoms. The molecule has 2 aromatic heterocycles. The summed E-state index contributed by atoms with van der Waals surface area (Å²) >= 11 is 1.29. The number of Topliss-reactive ketones (excluding diaryl/α,β-unsaturated/α-hetero) is 1. The summed E-state index contributed by atoms with van der Waals surface area (Å²) in [6, 6.07) is 17.6. The molecule has 4 aromatic rings. The van der Waals surface area contributed by atoms with Gasteiger partial charge in [-0.3, -0.25) is 4.79 Å². The Kier molecular flexibility index (Phi) is 5.26. The van der Waals surface area contributed by atoms with E-state index in [4.69, 9.17) is 0 Å². The van der Waals surface area contributed by atoms with Crippen LogP contribution in [0.4, 0.5) is 4.39 Å². The minimum absolute atomic E-state index is 0.0147. The summed E-state index contributed by atoms with van der Waals surface area (Å²) < 4.78 is 16.8. The van der Waals surface area contributed by atoms with Gasteiger partial charge in [0.15, 0.2) is 5.78 Å². The topological polar surface area (TPSA) is 65.6 Å². The molecule has 0 atom stereocenters. The molecule has 0 aliphatic rings. The average molecular weight is 407 g/mol. The van der Waals surface area contributed by atoms with Crippen molar-refractivity contribution in [2.24, 2.45) is 0 Å². The molecule has 2 heterocycles. The van der Waals surface area contributed by atoms with Gasteiger partial charge >= 0.3 is 0 Å². The highest BCUT2D eigenvalue weighted by atomic mass is 32.2. The number of ketones is 1. The zero-order valence-electron chi connectivity index (χ0n) is 15.9. The van der Waals surface area contributed by atoms with Crippen LogP contribution in [0.3, 0.4) is 0 Å². The van der Waals surface area contributed by atoms with Gasteiger partial charge in [0.1, 0.15) is 5.82 Å². The van der Waals surface area contributed by atoms with Crippen molar-refractivity contribution < 1.29 is 9.18 Å². The first-order valence-corrected chi connectivity index (χ1v) is 9.98. The van der Waals surface area contributed by atoms with E-state index >= 15 is 0 Å². The number of carbonyl (C=O) groups excluding carboxylic acids is 1. The second-order valence-corrected chi connectivity index (χ2v) is 7.46. The fraction of sp³-hybridized carbons (Fsp3) is 0.143. The van der Waals surface area contributed by atoms with Gasteiger partial charge in [0, 0.05) is 22.6 Å². The van der Waals surface area contributed by atoms with Gasteiger partial charge in [-0.2, -0.15) is 4.68 Å². The van der Waals surface area contributed by atoms with E-state index in [0.29, 0.717) is 10.7 Å². The maximum absolute atomic E-state index is 13.2. The number of nitrogens with zero attached hydrogens (tertiary/aromatic N) is 5. The number of thioether (sulfide) groups is 1. The number of aryl methyl sites for hydroxylation is 1. The Bertz CT molecular complexity index is 1150. The van der Waals surface area contributed by atoms with Crippen molar-refractivity contribution in [1.29, 1.82) is 0 Å². The molecule has 0 fully saturated rings. The molecule has 0 N–H and O–H groups in total. The fourth-order valence-corrected chi connectivity index (χ4v) is 4.01. The van der Waals surface area contributed by atoms with Crippen LogP contribution in [0.5, 0.6) is 0 Å². The number of aromatic nitrogens is 5. The third kappa shape index (κ3) is 3.84. The first kappa shape index (κ1) is 19.1. The molecule has 0 saturated heterocycles. The second kappa shape index (κ2) is 8.00. The van der Waals surface area contributed by atoms with Crippen molar-refractivity contribution >= 4 is 17.5 Å². The summed E-state index contributed by atoms with van der Waals surface area (Å²) in [6.45, 7) is 3.82. The van der Waals surface area contributed by atoms with Crippen LogP contribution in [0.2, 0.25) is 0 Å². The number of hydrogen-bond donors (Lipinski definition) is 0. The van der Waals surface area contributed by atoms with Gasteiger partial charge in [0.2, 0.25) is 5.16 Å². The number of benzene rings is 2. The lowest BCUT2D eigenvalue weighted by atomic mass is 10.2. The molecule has 0 amide bonds. The SMILES string of the molecule is Cc1cc(C(=O)CSc2nnnn2-c2ccccc2)c(C)n1-c1ccc(F)cc1. The second-order valence-electron chi connectivity index (χ2n) is 6.52. The molecule has 6 nitrogen and oxygen atoms in total. The Morgan fingerprint density at radius 1 is 1.03 bits per heavy atom. The van der Waals surface area contributed by atoms with Crippen molar-refractivity contribution in [3.8, 4) is 11.4 Å². The van der Waals surface area contributed by atoms with Gasteiger partial charge < -0.3 is 4.57 Å². The van der Waals surface area contributed by atoms with Gasteiger partial charge in [0.25, 0.3) is 0 Å². The van der Waals surface area contributed by atoms with E-state index in [-0.39, 0.29) is 17.4 Å². The van der Waals surface area contributed by atoms with Crippen LogP contribution in [0, 0.1) is 19.7 Å². The van der Waals surface area contributed by atoms with Crippen molar-refractivity contribution in [1.82, 2.24) is 24.8 Å². The number of rotatable bonds is 6. The molecule has 0 aliphatic carbocycles. The molecule has 146 valence electrons. The molecule has 0 radical (unpaired) electrons. The lowest BCUT2D eigenvalue weighted by Gasteiger charge is -2.09. The van der Waals surface area contributed by atoms with E-state index in [9.17, 15) is 9.18 Å². The largest absolute Gasteiger partial charge is 0.318 e. The Labute approximate surface area is 171 Å². The average Bonchev–Trinajstić information content (AvgIpc) is 3.32. The Morgan fingerprint density at radius 2 is 1.76 bits per heavy atom. The minimum Gasteiger partial charge on any atom is -0.318 e. The van der Waals surface area contributed by atoms with Gasteiger partial charge in [-0.25, -0.2) is 4.39 Å². The van der Waals surface area contributed by atoms with E-state index in [0.717, 1.165) is 22.8 Å². The first-order valence-electron chi connectivity index (χ1n) is 8.99. The highest BCUT2D eigenvalue weighted by Gasteiger charge is 2.18. The summed E-state index contributed by atoms with van der Waals surface area (Å²) in [7, 11) is 0. The third-order valence-electron chi connectivity index (χ3n) is 4.59. The summed E-state index contributed by atoms with van der Waals surface area (Å²) in [4.78, 5) is 12.9. The van der Waals surface area contributed by atoms with Crippen LogP contribution in [-0.4, -0.2) is 36.3 Å². The fourth-order valence-electron chi connectivity index (χ4n) is 3.24. The van der Waals surface area contributed by atoms with E-state index in [1.807, 2.05) is 54.8 Å². The van der Waals surface area contributed by atoms with E-state index in [1.54, 1.807) is 16.8 Å². The smallest absolute Gasteiger partial charge is 0.214 e. The Balaban J connectivity index is 1.54. The van der Waals surface area contributed by atoms with Crippen LogP contribution in [0.15, 0.2) is 65.8 Å². The summed E-state index contributed by atoms with van der Waals surface area (Å²) in [5.74, 6) is -0.0971. The number of carbonyl (C=O) groups is 1. The monoisotopic (exact) mass is 407 g/mol. The predicted molar refractivity (Wildman–Crippen MR) is 109 cm³/mol. The molecular weight excluding hydrogens is 389 g/mol. The number of hydrogen-bond acceptors (Lipinski definition) is 5. The molecule has 0 bridgehead atoms. The van der Waals surface area contributed by atoms with Gasteiger partial charge in [0.05, 0.1) is 11.4 Å². The lowest BCUT2D eigenvalue weighted by molar-refractivity contribution is 0.102. The van der Waals surface area contributed by atoms with Crippen molar-refractivity contribution in [2.75, 3.05) is 5.75 Å². The van der Waals surface area contributed by atoms with Crippen LogP contribution in [0.25, 0.3) is 11.4 Å². The predicted octanol–water partition coefficient (Wildman–Crippen LogP) is 4.18. The summed E-state index contributed by atoms with van der Waals surface area (Å²) in [5.41, 5.74) is 4.03. The van der Waals surface area contributed by atoms with Crippen LogP contribution >= 0.6 is 11.8 Å². The third-order valence-corrected chi connectivity index (χ3v) is 5.51. The van der Waals surface area contributed by atoms with Crippen LogP contribution in [0.1, 0.15) is 21.7 Å². The normalized spacial score (nSPS) is 11.0. The molecule has 0 aliphatic heterocycles. The quantitative estimate of drug-likeness (QED) is 0.354. The highest BCUT2D eigenvalue weighted by Crippen LogP contribution is 2.24. The van der Waals surface area contributed by atoms with E-state index in [1.165, 1.54) is 23.9 Å². The van der Waals surface area contributed by atoms with Crippen molar-refractivity contribution in [3.63, 3.8) is 0 Å². The highest BCUT2D eigenvalue weighted by molar-refractivity contribution is 7.99. The molecule has 4 rings (SSSR count). The number of tetrazole rings is 1. The molecule has 0 unspecified atom stereocenters. The van der Waals surface area contributed by atoms with Crippen molar-refractivity contribution in [2.45, 2.75) is 19.0 Å². The standard InChI is InChI=1S/C21H18FN5OS/c1-14-12-19(15(2)26(14)17-10-8-16(22)9-11-17)20(28)13-29-21-23-24-25-27(21)18-6-4-3-5-7-18/h3-12H,13H2,1-2H3. The molecule has 0 saturated carbocycles. The lowest BCUT2D eigenvalue weighted by Crippen LogP contribution is -2.07. The minimum atomic E-state index is -0.292. The zero-order chi connectivity index (χ0) is 20.4. The van der Waals surface area contributed by atoms with E-state index < -0.39 is 0 Å². The number of para-hydroxylation sites is 1. The molecule has 29 heavy (non-hydrogen) atoms. The Hall–Kier alpha value is -3.26. The van der Waals surface area contributed by atoms with Crippen LogP contribution in [-0.2, 0) is 0 Å². The van der Waals surface area contributed by atoms with E-state index in [2.05, 4.69) is 15.5 Å². The van der Waals surface area contributed by atoms with Crippen molar-refractivity contribution in [3.05, 3.63) is 83.4 Å². The molecular formula is C21H18FN5OS. The zero-order valence-corrected chi connectivity index (χ0v) is 16.7. The number of halogens is 1. The maximum Gasteiger partial charge on any atom is 0.214 e.